The van der Waals surface area contributed by atoms with E-state index >= 15 is 0 Å². The van der Waals surface area contributed by atoms with E-state index < -0.39 is 5.97 Å². The molecule has 1 N–H and O–H groups in total. The van der Waals surface area contributed by atoms with Crippen LogP contribution in [0.25, 0.3) is 0 Å². The largest absolute Gasteiger partial charge is 0.481 e. The van der Waals surface area contributed by atoms with Crippen molar-refractivity contribution in [2.45, 2.75) is 59.0 Å². The summed E-state index contributed by atoms with van der Waals surface area (Å²) in [7, 11) is 0. The van der Waals surface area contributed by atoms with Gasteiger partial charge in [-0.1, -0.05) is 6.92 Å². The Morgan fingerprint density at radius 1 is 1.37 bits per heavy atom. The van der Waals surface area contributed by atoms with Gasteiger partial charge in [0.2, 0.25) is 0 Å². The molecule has 1 aliphatic rings. The summed E-state index contributed by atoms with van der Waals surface area (Å²) in [5, 5.41) is 8.86. The van der Waals surface area contributed by atoms with Gasteiger partial charge in [0.05, 0.1) is 6.42 Å². The molecule has 0 radical (unpaired) electrons. The smallest absolute Gasteiger partial charge is 0.320 e. The predicted molar refractivity (Wildman–Crippen MR) is 74.1 cm³/mol. The summed E-state index contributed by atoms with van der Waals surface area (Å²) < 4.78 is 0. The molecule has 0 saturated carbocycles. The van der Waals surface area contributed by atoms with E-state index in [1.165, 1.54) is 0 Å². The molecule has 1 aliphatic heterocycles. The Morgan fingerprint density at radius 3 is 2.53 bits per heavy atom. The SMILES string of the molecule is CCN(C(=O)N1CC(C)CCC1C)C(C)CC(=O)O. The van der Waals surface area contributed by atoms with Crippen molar-refractivity contribution in [2.75, 3.05) is 13.1 Å². The van der Waals surface area contributed by atoms with Gasteiger partial charge in [-0.15, -0.1) is 0 Å². The summed E-state index contributed by atoms with van der Waals surface area (Å²) in [4.78, 5) is 26.9. The number of likely N-dealkylation sites (tertiary alicyclic amines) is 1. The van der Waals surface area contributed by atoms with Crippen molar-refractivity contribution in [3.8, 4) is 0 Å². The topological polar surface area (TPSA) is 60.9 Å². The van der Waals surface area contributed by atoms with Gasteiger partial charge in [-0.3, -0.25) is 4.79 Å². The molecule has 1 rings (SSSR count). The van der Waals surface area contributed by atoms with Gasteiger partial charge in [-0.2, -0.15) is 0 Å². The maximum Gasteiger partial charge on any atom is 0.320 e. The van der Waals surface area contributed by atoms with Gasteiger partial charge in [0.25, 0.3) is 0 Å². The lowest BCUT2D eigenvalue weighted by atomic mass is 9.95. The molecule has 5 heteroatoms. The van der Waals surface area contributed by atoms with E-state index in [4.69, 9.17) is 5.11 Å². The Labute approximate surface area is 115 Å². The van der Waals surface area contributed by atoms with Crippen molar-refractivity contribution in [2.24, 2.45) is 5.92 Å². The minimum Gasteiger partial charge on any atom is -0.481 e. The minimum absolute atomic E-state index is 0.00262. The fraction of sp³-hybridized carbons (Fsp3) is 0.857. The Bertz CT molecular complexity index is 333. The van der Waals surface area contributed by atoms with Gasteiger partial charge in [-0.05, 0) is 39.5 Å². The number of aliphatic carboxylic acids is 1. The van der Waals surface area contributed by atoms with Crippen LogP contribution in [-0.4, -0.2) is 52.1 Å². The van der Waals surface area contributed by atoms with Crippen LogP contribution in [0, 0.1) is 5.92 Å². The molecule has 3 unspecified atom stereocenters. The number of carbonyl (C=O) groups excluding carboxylic acids is 1. The number of nitrogens with zero attached hydrogens (tertiary/aromatic N) is 2. The molecule has 0 aromatic rings. The molecule has 1 heterocycles. The molecule has 19 heavy (non-hydrogen) atoms. The third-order valence-electron chi connectivity index (χ3n) is 3.95. The molecule has 0 aliphatic carbocycles. The summed E-state index contributed by atoms with van der Waals surface area (Å²) in [5.74, 6) is -0.340. The number of hydrogen-bond acceptors (Lipinski definition) is 2. The number of urea groups is 1. The first kappa shape index (κ1) is 15.8. The zero-order valence-corrected chi connectivity index (χ0v) is 12.4. The van der Waals surface area contributed by atoms with Crippen LogP contribution in [0.15, 0.2) is 0 Å². The van der Waals surface area contributed by atoms with E-state index in [2.05, 4.69) is 13.8 Å². The number of hydrogen-bond donors (Lipinski definition) is 1. The van der Waals surface area contributed by atoms with Gasteiger partial charge in [0.15, 0.2) is 0 Å². The van der Waals surface area contributed by atoms with Crippen molar-refractivity contribution in [3.63, 3.8) is 0 Å². The van der Waals surface area contributed by atoms with Crippen molar-refractivity contribution in [1.29, 1.82) is 0 Å². The summed E-state index contributed by atoms with van der Waals surface area (Å²) in [5.41, 5.74) is 0. The number of carboxylic acid groups (broad SMARTS) is 1. The fourth-order valence-electron chi connectivity index (χ4n) is 2.72. The highest BCUT2D eigenvalue weighted by atomic mass is 16.4. The van der Waals surface area contributed by atoms with Crippen molar-refractivity contribution < 1.29 is 14.7 Å². The molecule has 2 amide bonds. The summed E-state index contributed by atoms with van der Waals surface area (Å²) in [6, 6.07) is -0.0375. The highest BCUT2D eigenvalue weighted by Gasteiger charge is 2.31. The van der Waals surface area contributed by atoms with Crippen LogP contribution >= 0.6 is 0 Å². The lowest BCUT2D eigenvalue weighted by Gasteiger charge is -2.41. The molecule has 3 atom stereocenters. The molecule has 0 aromatic carbocycles. The monoisotopic (exact) mass is 270 g/mol. The van der Waals surface area contributed by atoms with Gasteiger partial charge in [0.1, 0.15) is 0 Å². The highest BCUT2D eigenvalue weighted by Crippen LogP contribution is 2.23. The normalized spacial score (nSPS) is 24.9. The Kier molecular flexibility index (Phi) is 5.63. The van der Waals surface area contributed by atoms with Gasteiger partial charge >= 0.3 is 12.0 Å². The van der Waals surface area contributed by atoms with Crippen LogP contribution in [0.5, 0.6) is 0 Å². The third kappa shape index (κ3) is 4.11. The number of carboxylic acids is 1. The molecule has 1 fully saturated rings. The zero-order valence-electron chi connectivity index (χ0n) is 12.4. The first-order chi connectivity index (χ1) is 8.86. The van der Waals surface area contributed by atoms with E-state index in [1.54, 1.807) is 11.8 Å². The van der Waals surface area contributed by atoms with E-state index in [9.17, 15) is 9.59 Å². The molecule has 110 valence electrons. The van der Waals surface area contributed by atoms with Crippen LogP contribution in [0.3, 0.4) is 0 Å². The van der Waals surface area contributed by atoms with Crippen LogP contribution < -0.4 is 0 Å². The van der Waals surface area contributed by atoms with Gasteiger partial charge in [-0.25, -0.2) is 4.79 Å². The quantitative estimate of drug-likeness (QED) is 0.853. The van der Waals surface area contributed by atoms with Crippen molar-refractivity contribution in [1.82, 2.24) is 9.80 Å². The van der Waals surface area contributed by atoms with Crippen molar-refractivity contribution in [3.05, 3.63) is 0 Å². The second-order valence-electron chi connectivity index (χ2n) is 5.70. The Balaban J connectivity index is 2.73. The van der Waals surface area contributed by atoms with Crippen LogP contribution in [0.4, 0.5) is 4.79 Å². The highest BCUT2D eigenvalue weighted by molar-refractivity contribution is 5.76. The van der Waals surface area contributed by atoms with Crippen LogP contribution in [0.2, 0.25) is 0 Å². The third-order valence-corrected chi connectivity index (χ3v) is 3.95. The Hall–Kier alpha value is -1.26. The molecule has 0 spiro atoms. The predicted octanol–water partition coefficient (Wildman–Crippen LogP) is 2.41. The van der Waals surface area contributed by atoms with Gasteiger partial charge < -0.3 is 14.9 Å². The van der Waals surface area contributed by atoms with Crippen molar-refractivity contribution >= 4 is 12.0 Å². The minimum atomic E-state index is -0.862. The number of rotatable bonds is 4. The fourth-order valence-corrected chi connectivity index (χ4v) is 2.72. The van der Waals surface area contributed by atoms with E-state index in [-0.39, 0.29) is 24.5 Å². The van der Waals surface area contributed by atoms with Crippen LogP contribution in [0.1, 0.15) is 47.0 Å². The molecular weight excluding hydrogens is 244 g/mol. The van der Waals surface area contributed by atoms with E-state index in [1.807, 2.05) is 11.8 Å². The van der Waals surface area contributed by atoms with Gasteiger partial charge in [0, 0.05) is 25.2 Å². The molecule has 0 aromatic heterocycles. The number of piperidine rings is 1. The average Bonchev–Trinajstić information content (AvgIpc) is 2.32. The number of amides is 2. The lowest BCUT2D eigenvalue weighted by molar-refractivity contribution is -0.138. The summed E-state index contributed by atoms with van der Waals surface area (Å²) >= 11 is 0. The van der Waals surface area contributed by atoms with E-state index in [0.717, 1.165) is 19.4 Å². The molecule has 5 nitrogen and oxygen atoms in total. The maximum absolute atomic E-state index is 12.6. The zero-order chi connectivity index (χ0) is 14.6. The first-order valence-corrected chi connectivity index (χ1v) is 7.15. The second kappa shape index (κ2) is 6.78. The molecular formula is C14H26N2O3. The molecule has 1 saturated heterocycles. The summed E-state index contributed by atoms with van der Waals surface area (Å²) in [6.45, 7) is 9.24. The van der Waals surface area contributed by atoms with Crippen LogP contribution in [-0.2, 0) is 4.79 Å². The standard InChI is InChI=1S/C14H26N2O3/c1-5-15(12(4)8-13(17)18)14(19)16-9-10(2)6-7-11(16)3/h10-12H,5-9H2,1-4H3,(H,17,18). The second-order valence-corrected chi connectivity index (χ2v) is 5.70. The summed E-state index contributed by atoms with van der Waals surface area (Å²) in [6.07, 6.45) is 2.18. The maximum atomic E-state index is 12.6. The first-order valence-electron chi connectivity index (χ1n) is 7.15. The molecule has 0 bridgehead atoms. The number of carbonyl (C=O) groups is 2. The van der Waals surface area contributed by atoms with E-state index in [0.29, 0.717) is 12.5 Å². The lowest BCUT2D eigenvalue weighted by Crippen LogP contribution is -2.53. The average molecular weight is 270 g/mol. The Morgan fingerprint density at radius 2 is 2.00 bits per heavy atom.